The number of hydrogen-bond acceptors (Lipinski definition) is 3. The molecule has 0 radical (unpaired) electrons. The van der Waals surface area contributed by atoms with E-state index in [-0.39, 0.29) is 6.04 Å². The van der Waals surface area contributed by atoms with E-state index in [4.69, 9.17) is 9.40 Å². The molecule has 8 aromatic rings. The quantitative estimate of drug-likeness (QED) is 0.173. The van der Waals surface area contributed by atoms with Crippen LogP contribution in [0.4, 0.5) is 11.4 Å². The van der Waals surface area contributed by atoms with E-state index in [2.05, 4.69) is 163 Å². The standard InChI is InChI=1S/C47H34N2O/c1-4-12-33(13-5-1)34-20-26-40(27-21-34)49(45-19-11-10-18-42(45)36-14-6-2-7-15-36)41-28-22-35(23-29-41)38-24-30-43-39(32-38)25-31-44-46(43)50-47(48-44)37-16-8-3-9-17-37/h1-26,28-32,40H,27H2. The van der Waals surface area contributed by atoms with Crippen LogP contribution in [-0.2, 0) is 0 Å². The Morgan fingerprint density at radius 1 is 0.560 bits per heavy atom. The lowest BCUT2D eigenvalue weighted by molar-refractivity contribution is 0.623. The average Bonchev–Trinajstić information content (AvgIpc) is 3.65. The molecule has 7 aromatic carbocycles. The Hall–Kier alpha value is -6.45. The van der Waals surface area contributed by atoms with E-state index in [1.165, 1.54) is 33.5 Å². The second-order valence-electron chi connectivity index (χ2n) is 12.7. The maximum Gasteiger partial charge on any atom is 0.227 e. The number of para-hydroxylation sites is 1. The molecule has 0 N–H and O–H groups in total. The third kappa shape index (κ3) is 5.59. The summed E-state index contributed by atoms with van der Waals surface area (Å²) in [5.41, 5.74) is 12.3. The number of allylic oxidation sites excluding steroid dienone is 2. The predicted octanol–water partition coefficient (Wildman–Crippen LogP) is 12.5. The van der Waals surface area contributed by atoms with Crippen LogP contribution in [0.1, 0.15) is 12.0 Å². The fraction of sp³-hybridized carbons (Fsp3) is 0.0426. The smallest absolute Gasteiger partial charge is 0.227 e. The van der Waals surface area contributed by atoms with Crippen molar-refractivity contribution in [2.75, 3.05) is 4.90 Å². The van der Waals surface area contributed by atoms with Gasteiger partial charge in [0.2, 0.25) is 5.89 Å². The summed E-state index contributed by atoms with van der Waals surface area (Å²) in [4.78, 5) is 7.26. The minimum atomic E-state index is 0.156. The lowest BCUT2D eigenvalue weighted by atomic mass is 9.94. The summed E-state index contributed by atoms with van der Waals surface area (Å²) in [6.45, 7) is 0. The Balaban J connectivity index is 1.07. The van der Waals surface area contributed by atoms with Gasteiger partial charge < -0.3 is 9.32 Å². The van der Waals surface area contributed by atoms with Crippen LogP contribution < -0.4 is 4.90 Å². The molecule has 238 valence electrons. The van der Waals surface area contributed by atoms with Gasteiger partial charge in [0, 0.05) is 27.9 Å². The van der Waals surface area contributed by atoms with Crippen molar-refractivity contribution in [2.24, 2.45) is 0 Å². The van der Waals surface area contributed by atoms with Crippen LogP contribution in [0, 0.1) is 0 Å². The summed E-state index contributed by atoms with van der Waals surface area (Å²) in [6, 6.07) is 60.1. The summed E-state index contributed by atoms with van der Waals surface area (Å²) in [6.07, 6.45) is 7.91. The highest BCUT2D eigenvalue weighted by Gasteiger charge is 2.23. The van der Waals surface area contributed by atoms with Gasteiger partial charge in [0.05, 0.1) is 6.04 Å². The molecule has 1 unspecified atom stereocenters. The first-order valence-electron chi connectivity index (χ1n) is 17.2. The van der Waals surface area contributed by atoms with Gasteiger partial charge >= 0.3 is 0 Å². The van der Waals surface area contributed by atoms with Crippen molar-refractivity contribution >= 4 is 38.8 Å². The van der Waals surface area contributed by atoms with Crippen molar-refractivity contribution in [3.63, 3.8) is 0 Å². The lowest BCUT2D eigenvalue weighted by Gasteiger charge is -2.35. The zero-order valence-electron chi connectivity index (χ0n) is 27.5. The molecule has 0 spiro atoms. The molecule has 1 heterocycles. The molecule has 1 atom stereocenters. The third-order valence-corrected chi connectivity index (χ3v) is 9.63. The van der Waals surface area contributed by atoms with Crippen molar-refractivity contribution in [3.8, 4) is 33.7 Å². The summed E-state index contributed by atoms with van der Waals surface area (Å²) in [7, 11) is 0. The zero-order chi connectivity index (χ0) is 33.3. The number of hydrogen-bond donors (Lipinski definition) is 0. The molecule has 1 aliphatic carbocycles. The normalized spacial score (nSPS) is 14.2. The van der Waals surface area contributed by atoms with Gasteiger partial charge in [-0.25, -0.2) is 4.98 Å². The van der Waals surface area contributed by atoms with Crippen LogP contribution in [0.5, 0.6) is 0 Å². The van der Waals surface area contributed by atoms with Crippen molar-refractivity contribution in [2.45, 2.75) is 12.5 Å². The molecular formula is C47H34N2O. The van der Waals surface area contributed by atoms with Crippen LogP contribution >= 0.6 is 0 Å². The van der Waals surface area contributed by atoms with Gasteiger partial charge in [-0.1, -0.05) is 140 Å². The lowest BCUT2D eigenvalue weighted by Crippen LogP contribution is -2.30. The first-order valence-corrected chi connectivity index (χ1v) is 17.2. The molecule has 0 aliphatic heterocycles. The summed E-state index contributed by atoms with van der Waals surface area (Å²) < 4.78 is 6.30. The fourth-order valence-corrected chi connectivity index (χ4v) is 7.11. The first kappa shape index (κ1) is 29.7. The molecule has 0 saturated heterocycles. The highest BCUT2D eigenvalue weighted by atomic mass is 16.3. The predicted molar refractivity (Wildman–Crippen MR) is 208 cm³/mol. The van der Waals surface area contributed by atoms with Gasteiger partial charge in [0.15, 0.2) is 5.58 Å². The maximum absolute atomic E-state index is 6.30. The topological polar surface area (TPSA) is 29.3 Å². The second kappa shape index (κ2) is 12.9. The number of rotatable bonds is 7. The van der Waals surface area contributed by atoms with Crippen LogP contribution in [0.2, 0.25) is 0 Å². The molecule has 0 amide bonds. The van der Waals surface area contributed by atoms with E-state index in [9.17, 15) is 0 Å². The number of benzene rings is 7. The minimum Gasteiger partial charge on any atom is -0.435 e. The van der Waals surface area contributed by atoms with E-state index in [1.54, 1.807) is 0 Å². The van der Waals surface area contributed by atoms with Crippen LogP contribution in [-0.4, -0.2) is 11.0 Å². The van der Waals surface area contributed by atoms with Gasteiger partial charge in [-0.2, -0.15) is 0 Å². The molecular weight excluding hydrogens is 609 g/mol. The van der Waals surface area contributed by atoms with E-state index in [0.717, 1.165) is 45.1 Å². The van der Waals surface area contributed by atoms with Crippen LogP contribution in [0.15, 0.2) is 193 Å². The SMILES string of the molecule is C1=CC(N(c2ccc(-c3ccc4c(ccc5nc(-c6ccccc6)oc54)c3)cc2)c2ccccc2-c2ccccc2)CC=C1c1ccccc1. The van der Waals surface area contributed by atoms with Gasteiger partial charge in [0.25, 0.3) is 0 Å². The monoisotopic (exact) mass is 642 g/mol. The van der Waals surface area contributed by atoms with Gasteiger partial charge in [0.1, 0.15) is 5.52 Å². The fourth-order valence-electron chi connectivity index (χ4n) is 7.11. The molecule has 3 nitrogen and oxygen atoms in total. The molecule has 0 saturated carbocycles. The molecule has 3 heteroatoms. The number of aromatic nitrogens is 1. The summed E-state index contributed by atoms with van der Waals surface area (Å²) in [5, 5.41) is 2.19. The minimum absolute atomic E-state index is 0.156. The molecule has 9 rings (SSSR count). The Morgan fingerprint density at radius 2 is 1.22 bits per heavy atom. The largest absolute Gasteiger partial charge is 0.435 e. The van der Waals surface area contributed by atoms with Gasteiger partial charge in [-0.3, -0.25) is 0 Å². The second-order valence-corrected chi connectivity index (χ2v) is 12.7. The van der Waals surface area contributed by atoms with Gasteiger partial charge in [-0.05, 0) is 88.2 Å². The molecule has 0 bridgehead atoms. The number of anilines is 2. The highest BCUT2D eigenvalue weighted by Crippen LogP contribution is 2.40. The maximum atomic E-state index is 6.30. The number of nitrogens with zero attached hydrogens (tertiary/aromatic N) is 2. The summed E-state index contributed by atoms with van der Waals surface area (Å²) in [5.74, 6) is 0.644. The Morgan fingerprint density at radius 3 is 1.94 bits per heavy atom. The highest BCUT2D eigenvalue weighted by molar-refractivity contribution is 6.05. The third-order valence-electron chi connectivity index (χ3n) is 9.63. The Bertz CT molecular complexity index is 2500. The molecule has 50 heavy (non-hydrogen) atoms. The van der Waals surface area contributed by atoms with Crippen molar-refractivity contribution in [1.82, 2.24) is 4.98 Å². The number of oxazole rings is 1. The van der Waals surface area contributed by atoms with E-state index >= 15 is 0 Å². The summed E-state index contributed by atoms with van der Waals surface area (Å²) >= 11 is 0. The first-order chi connectivity index (χ1) is 24.8. The van der Waals surface area contributed by atoms with E-state index in [1.807, 2.05) is 30.3 Å². The van der Waals surface area contributed by atoms with Crippen LogP contribution in [0.25, 0.3) is 61.2 Å². The Kier molecular flexibility index (Phi) is 7.64. The van der Waals surface area contributed by atoms with Crippen molar-refractivity contribution in [3.05, 3.63) is 194 Å². The molecule has 1 aliphatic rings. The number of fused-ring (bicyclic) bond motifs is 3. The average molecular weight is 643 g/mol. The Labute approximate surface area is 292 Å². The van der Waals surface area contributed by atoms with Gasteiger partial charge in [-0.15, -0.1) is 0 Å². The van der Waals surface area contributed by atoms with Crippen molar-refractivity contribution in [1.29, 1.82) is 0 Å². The van der Waals surface area contributed by atoms with Crippen LogP contribution in [0.3, 0.4) is 0 Å². The zero-order valence-corrected chi connectivity index (χ0v) is 27.5. The van der Waals surface area contributed by atoms with E-state index in [0.29, 0.717) is 5.89 Å². The molecule has 1 aromatic heterocycles. The van der Waals surface area contributed by atoms with Crippen molar-refractivity contribution < 1.29 is 4.42 Å². The van der Waals surface area contributed by atoms with E-state index < -0.39 is 0 Å². The molecule has 0 fully saturated rings.